The van der Waals surface area contributed by atoms with E-state index in [0.29, 0.717) is 37.0 Å². The third kappa shape index (κ3) is 5.05. The summed E-state index contributed by atoms with van der Waals surface area (Å²) in [5.41, 5.74) is 1.90. The predicted molar refractivity (Wildman–Crippen MR) is 119 cm³/mol. The van der Waals surface area contributed by atoms with Gasteiger partial charge in [-0.05, 0) is 48.7 Å². The number of carbonyl (C=O) groups excluding carboxylic acids is 1. The molecule has 0 radical (unpaired) electrons. The standard InChI is InChI=1S/C22H26FN5O4S/c1-32-13-12-27-20-10-9-18(14-19(20)25-26-27)33(30,31)28-11-3-2-4-21(28)22(29)24-15-16-5-7-17(23)8-6-16/h5-10,14,21H,2-4,11-13,15H2,1H3,(H,24,29). The topological polar surface area (TPSA) is 106 Å². The number of nitrogens with zero attached hydrogens (tertiary/aromatic N) is 4. The van der Waals surface area contributed by atoms with Gasteiger partial charge in [0, 0.05) is 20.2 Å². The van der Waals surface area contributed by atoms with Gasteiger partial charge in [0.2, 0.25) is 15.9 Å². The molecule has 0 bridgehead atoms. The Morgan fingerprint density at radius 3 is 2.76 bits per heavy atom. The number of sulfonamides is 1. The number of methoxy groups -OCH3 is 1. The van der Waals surface area contributed by atoms with E-state index in [1.807, 2.05) is 0 Å². The Kier molecular flexibility index (Phi) is 7.01. The molecular formula is C22H26FN5O4S. The van der Waals surface area contributed by atoms with E-state index in [4.69, 9.17) is 4.74 Å². The van der Waals surface area contributed by atoms with E-state index in [1.54, 1.807) is 30.0 Å². The Labute approximate surface area is 191 Å². The molecule has 1 unspecified atom stereocenters. The molecule has 1 saturated heterocycles. The van der Waals surface area contributed by atoms with Gasteiger partial charge < -0.3 is 10.1 Å². The first-order chi connectivity index (χ1) is 15.9. The van der Waals surface area contributed by atoms with Crippen LogP contribution in [0.25, 0.3) is 11.0 Å². The second-order valence-electron chi connectivity index (χ2n) is 7.93. The molecule has 0 spiro atoms. The lowest BCUT2D eigenvalue weighted by Gasteiger charge is -2.33. The second kappa shape index (κ2) is 9.94. The highest BCUT2D eigenvalue weighted by Gasteiger charge is 2.37. The fourth-order valence-electron chi connectivity index (χ4n) is 3.95. The number of fused-ring (bicyclic) bond motifs is 1. The minimum absolute atomic E-state index is 0.0760. The molecule has 1 amide bonds. The average molecular weight is 476 g/mol. The maximum atomic E-state index is 13.5. The summed E-state index contributed by atoms with van der Waals surface area (Å²) in [5, 5.41) is 10.9. The van der Waals surface area contributed by atoms with Gasteiger partial charge in [0.05, 0.1) is 23.6 Å². The smallest absolute Gasteiger partial charge is 0.243 e. The molecule has 1 aliphatic rings. The lowest BCUT2D eigenvalue weighted by atomic mass is 10.0. The van der Waals surface area contributed by atoms with Gasteiger partial charge in [-0.2, -0.15) is 4.31 Å². The van der Waals surface area contributed by atoms with Crippen molar-refractivity contribution in [2.24, 2.45) is 0 Å². The largest absolute Gasteiger partial charge is 0.383 e. The number of nitrogens with one attached hydrogen (secondary N) is 1. The highest BCUT2D eigenvalue weighted by atomic mass is 32.2. The minimum Gasteiger partial charge on any atom is -0.383 e. The number of carbonyl (C=O) groups is 1. The first-order valence-electron chi connectivity index (χ1n) is 10.8. The van der Waals surface area contributed by atoms with Gasteiger partial charge in [-0.25, -0.2) is 17.5 Å². The first kappa shape index (κ1) is 23.3. The molecule has 176 valence electrons. The molecule has 0 aliphatic carbocycles. The molecule has 2 aromatic carbocycles. The van der Waals surface area contributed by atoms with Crippen molar-refractivity contribution in [3.8, 4) is 0 Å². The average Bonchev–Trinajstić information content (AvgIpc) is 3.24. The van der Waals surface area contributed by atoms with Gasteiger partial charge in [0.25, 0.3) is 0 Å². The molecule has 1 fully saturated rings. The van der Waals surface area contributed by atoms with Crippen molar-refractivity contribution < 1.29 is 22.3 Å². The Morgan fingerprint density at radius 2 is 2.00 bits per heavy atom. The molecule has 2 heterocycles. The summed E-state index contributed by atoms with van der Waals surface area (Å²) in [7, 11) is -2.33. The Balaban J connectivity index is 1.53. The van der Waals surface area contributed by atoms with Crippen LogP contribution in [-0.2, 0) is 32.6 Å². The molecule has 33 heavy (non-hydrogen) atoms. The van der Waals surface area contributed by atoms with Gasteiger partial charge in [-0.15, -0.1) is 5.10 Å². The van der Waals surface area contributed by atoms with Crippen LogP contribution < -0.4 is 5.32 Å². The Hall–Kier alpha value is -2.89. The zero-order chi connectivity index (χ0) is 23.4. The maximum Gasteiger partial charge on any atom is 0.243 e. The van der Waals surface area contributed by atoms with E-state index in [9.17, 15) is 17.6 Å². The molecule has 1 N–H and O–H groups in total. The van der Waals surface area contributed by atoms with Crippen LogP contribution in [0.4, 0.5) is 4.39 Å². The van der Waals surface area contributed by atoms with Crippen molar-refractivity contribution >= 4 is 27.0 Å². The van der Waals surface area contributed by atoms with Crippen LogP contribution in [0.2, 0.25) is 0 Å². The van der Waals surface area contributed by atoms with Crippen molar-refractivity contribution in [2.75, 3.05) is 20.3 Å². The summed E-state index contributed by atoms with van der Waals surface area (Å²) >= 11 is 0. The fraction of sp³-hybridized carbons (Fsp3) is 0.409. The number of rotatable bonds is 8. The van der Waals surface area contributed by atoms with E-state index in [-0.39, 0.29) is 29.7 Å². The van der Waals surface area contributed by atoms with Gasteiger partial charge >= 0.3 is 0 Å². The van der Waals surface area contributed by atoms with Gasteiger partial charge in [0.15, 0.2) is 0 Å². The van der Waals surface area contributed by atoms with Crippen LogP contribution in [0.15, 0.2) is 47.4 Å². The van der Waals surface area contributed by atoms with E-state index in [0.717, 1.165) is 12.0 Å². The van der Waals surface area contributed by atoms with Crippen LogP contribution in [0.3, 0.4) is 0 Å². The molecule has 4 rings (SSSR count). The van der Waals surface area contributed by atoms with Crippen LogP contribution in [-0.4, -0.2) is 59.9 Å². The number of piperidine rings is 1. The van der Waals surface area contributed by atoms with E-state index in [1.165, 1.54) is 28.6 Å². The van der Waals surface area contributed by atoms with Crippen molar-refractivity contribution in [3.63, 3.8) is 0 Å². The molecule has 1 aromatic heterocycles. The summed E-state index contributed by atoms with van der Waals surface area (Å²) < 4.78 is 48.0. The quantitative estimate of drug-likeness (QED) is 0.535. The first-order valence-corrected chi connectivity index (χ1v) is 12.2. The second-order valence-corrected chi connectivity index (χ2v) is 9.82. The van der Waals surface area contributed by atoms with Crippen molar-refractivity contribution in [1.29, 1.82) is 0 Å². The maximum absolute atomic E-state index is 13.5. The monoisotopic (exact) mass is 475 g/mol. The summed E-state index contributed by atoms with van der Waals surface area (Å²) in [6, 6.07) is 9.68. The number of aromatic nitrogens is 3. The van der Waals surface area contributed by atoms with Crippen LogP contribution in [0.5, 0.6) is 0 Å². The molecular weight excluding hydrogens is 449 g/mol. The molecule has 1 atom stereocenters. The number of hydrogen-bond acceptors (Lipinski definition) is 6. The van der Waals surface area contributed by atoms with E-state index < -0.39 is 16.1 Å². The summed E-state index contributed by atoms with van der Waals surface area (Å²) in [6.07, 6.45) is 1.87. The molecule has 1 aliphatic heterocycles. The zero-order valence-corrected chi connectivity index (χ0v) is 19.1. The van der Waals surface area contributed by atoms with Gasteiger partial charge in [-0.1, -0.05) is 23.8 Å². The molecule has 3 aromatic rings. The predicted octanol–water partition coefficient (Wildman–Crippen LogP) is 2.08. The van der Waals surface area contributed by atoms with Crippen LogP contribution in [0.1, 0.15) is 24.8 Å². The molecule has 0 saturated carbocycles. The fourth-order valence-corrected chi connectivity index (χ4v) is 5.63. The number of ether oxygens (including phenoxy) is 1. The van der Waals surface area contributed by atoms with Crippen LogP contribution >= 0.6 is 0 Å². The van der Waals surface area contributed by atoms with Gasteiger partial charge in [-0.3, -0.25) is 4.79 Å². The highest BCUT2D eigenvalue weighted by molar-refractivity contribution is 7.89. The van der Waals surface area contributed by atoms with E-state index in [2.05, 4.69) is 15.6 Å². The lowest BCUT2D eigenvalue weighted by molar-refractivity contribution is -0.125. The zero-order valence-electron chi connectivity index (χ0n) is 18.3. The summed E-state index contributed by atoms with van der Waals surface area (Å²) in [6.45, 7) is 1.41. The Morgan fingerprint density at radius 1 is 1.21 bits per heavy atom. The van der Waals surface area contributed by atoms with Crippen molar-refractivity contribution in [1.82, 2.24) is 24.6 Å². The third-order valence-corrected chi connectivity index (χ3v) is 7.64. The Bertz CT molecular complexity index is 1230. The summed E-state index contributed by atoms with van der Waals surface area (Å²) in [5.74, 6) is -0.723. The highest BCUT2D eigenvalue weighted by Crippen LogP contribution is 2.27. The number of halogens is 1. The van der Waals surface area contributed by atoms with Crippen LogP contribution in [0, 0.1) is 5.82 Å². The minimum atomic E-state index is -3.92. The van der Waals surface area contributed by atoms with Gasteiger partial charge in [0.1, 0.15) is 17.4 Å². The molecule has 11 heteroatoms. The van der Waals surface area contributed by atoms with E-state index >= 15 is 0 Å². The lowest BCUT2D eigenvalue weighted by Crippen LogP contribution is -2.51. The van der Waals surface area contributed by atoms with Crippen molar-refractivity contribution in [3.05, 3.63) is 53.8 Å². The number of hydrogen-bond donors (Lipinski definition) is 1. The summed E-state index contributed by atoms with van der Waals surface area (Å²) in [4.78, 5) is 13.0. The SMILES string of the molecule is COCCn1nnc2cc(S(=O)(=O)N3CCCCC3C(=O)NCc3ccc(F)cc3)ccc21. The molecule has 9 nitrogen and oxygen atoms in total. The van der Waals surface area contributed by atoms with Crippen molar-refractivity contribution in [2.45, 2.75) is 43.3 Å². The number of amides is 1. The normalized spacial score (nSPS) is 17.3. The number of benzene rings is 2. The third-order valence-electron chi connectivity index (χ3n) is 5.74.